The fraction of sp³-hybridized carbons (Fsp3) is 0.471. The second-order valence-electron chi connectivity index (χ2n) is 6.14. The van der Waals surface area contributed by atoms with Gasteiger partial charge in [0, 0.05) is 0 Å². The summed E-state index contributed by atoms with van der Waals surface area (Å²) in [5.74, 6) is -0.885. The number of hydrogen-bond acceptors (Lipinski definition) is 4. The number of hydroxylamine groups is 2. The van der Waals surface area contributed by atoms with E-state index >= 15 is 0 Å². The van der Waals surface area contributed by atoms with E-state index in [0.717, 1.165) is 19.3 Å². The molecule has 2 amide bonds. The number of carbonyl (C=O) groups excluding carboxylic acids is 3. The predicted octanol–water partition coefficient (Wildman–Crippen LogP) is 2.96. The first kappa shape index (κ1) is 14.8. The molecule has 0 saturated heterocycles. The fourth-order valence-corrected chi connectivity index (χ4v) is 3.30. The summed E-state index contributed by atoms with van der Waals surface area (Å²) in [6, 6.07) is 6.48. The first-order chi connectivity index (χ1) is 10.6. The number of benzene rings is 1. The lowest BCUT2D eigenvalue weighted by Crippen LogP contribution is -2.34. The number of fused-ring (bicyclic) bond motifs is 1. The van der Waals surface area contributed by atoms with Crippen LogP contribution in [0.2, 0.25) is 0 Å². The van der Waals surface area contributed by atoms with E-state index in [4.69, 9.17) is 4.84 Å². The minimum atomic E-state index is -0.564. The van der Waals surface area contributed by atoms with Gasteiger partial charge in [-0.05, 0) is 30.4 Å². The molecule has 0 spiro atoms. The van der Waals surface area contributed by atoms with E-state index in [1.54, 1.807) is 24.3 Å². The Bertz CT molecular complexity index is 590. The zero-order valence-electron chi connectivity index (χ0n) is 12.6. The topological polar surface area (TPSA) is 63.7 Å². The first-order valence-electron chi connectivity index (χ1n) is 7.76. The van der Waals surface area contributed by atoms with Gasteiger partial charge in [-0.25, -0.2) is 4.79 Å². The molecule has 1 aliphatic heterocycles. The van der Waals surface area contributed by atoms with Crippen LogP contribution < -0.4 is 0 Å². The highest BCUT2D eigenvalue weighted by Crippen LogP contribution is 2.32. The second-order valence-corrected chi connectivity index (χ2v) is 6.14. The molecule has 5 nitrogen and oxygen atoms in total. The maximum Gasteiger partial charge on any atom is 0.333 e. The Morgan fingerprint density at radius 1 is 1.14 bits per heavy atom. The van der Waals surface area contributed by atoms with E-state index in [1.165, 1.54) is 6.42 Å². The molecule has 2 atom stereocenters. The van der Waals surface area contributed by atoms with Gasteiger partial charge in [0.1, 0.15) is 0 Å². The number of hydrogen-bond donors (Lipinski definition) is 0. The van der Waals surface area contributed by atoms with Crippen LogP contribution in [0.3, 0.4) is 0 Å². The molecule has 1 aliphatic carbocycles. The lowest BCUT2D eigenvalue weighted by atomic mass is 9.79. The van der Waals surface area contributed by atoms with Crippen molar-refractivity contribution in [2.45, 2.75) is 39.0 Å². The third kappa shape index (κ3) is 2.63. The molecule has 116 valence electrons. The van der Waals surface area contributed by atoms with E-state index in [9.17, 15) is 14.4 Å². The molecule has 1 heterocycles. The normalized spacial score (nSPS) is 24.3. The van der Waals surface area contributed by atoms with Gasteiger partial charge in [-0.1, -0.05) is 43.4 Å². The fourth-order valence-electron chi connectivity index (χ4n) is 3.30. The molecule has 0 aromatic heterocycles. The van der Waals surface area contributed by atoms with Crippen LogP contribution in [0.25, 0.3) is 0 Å². The molecule has 1 aromatic rings. The quantitative estimate of drug-likeness (QED) is 0.805. The molecule has 1 saturated carbocycles. The van der Waals surface area contributed by atoms with Gasteiger partial charge in [-0.15, -0.1) is 0 Å². The zero-order valence-corrected chi connectivity index (χ0v) is 12.6. The summed E-state index contributed by atoms with van der Waals surface area (Å²) in [6.45, 7) is 2.14. The Hall–Kier alpha value is -2.17. The van der Waals surface area contributed by atoms with Crippen LogP contribution in [-0.4, -0.2) is 22.8 Å². The number of amides is 2. The van der Waals surface area contributed by atoms with Crippen LogP contribution in [-0.2, 0) is 9.63 Å². The summed E-state index contributed by atoms with van der Waals surface area (Å²) < 4.78 is 0. The number of rotatable bonds is 3. The lowest BCUT2D eigenvalue weighted by molar-refractivity contribution is -0.170. The van der Waals surface area contributed by atoms with Gasteiger partial charge in [0.05, 0.1) is 17.5 Å². The largest absolute Gasteiger partial charge is 0.333 e. The molecule has 22 heavy (non-hydrogen) atoms. The highest BCUT2D eigenvalue weighted by atomic mass is 16.7. The Morgan fingerprint density at radius 3 is 2.32 bits per heavy atom. The standard InChI is InChI=1S/C17H19NO4/c1-11-6-2-3-7-12(11)10-15(19)22-18-16(20)13-8-4-5-9-14(13)17(18)21/h4-5,8-9,11-12H,2-3,6-7,10H2,1H3. The van der Waals surface area contributed by atoms with E-state index in [-0.39, 0.29) is 23.5 Å². The molecular weight excluding hydrogens is 282 g/mol. The molecule has 0 radical (unpaired) electrons. The van der Waals surface area contributed by atoms with Gasteiger partial charge in [0.2, 0.25) is 0 Å². The van der Waals surface area contributed by atoms with Crippen LogP contribution in [0.1, 0.15) is 59.7 Å². The van der Waals surface area contributed by atoms with E-state index in [2.05, 4.69) is 6.92 Å². The maximum absolute atomic E-state index is 12.1. The molecule has 0 N–H and O–H groups in total. The molecule has 2 aliphatic rings. The molecule has 5 heteroatoms. The van der Waals surface area contributed by atoms with Crippen molar-refractivity contribution in [2.24, 2.45) is 11.8 Å². The Kier molecular flexibility index (Phi) is 3.96. The van der Waals surface area contributed by atoms with Crippen molar-refractivity contribution in [3.05, 3.63) is 35.4 Å². The van der Waals surface area contributed by atoms with E-state index < -0.39 is 17.8 Å². The van der Waals surface area contributed by atoms with Crippen LogP contribution in [0.15, 0.2) is 24.3 Å². The van der Waals surface area contributed by atoms with Crippen LogP contribution in [0.5, 0.6) is 0 Å². The second kappa shape index (κ2) is 5.91. The van der Waals surface area contributed by atoms with Crippen molar-refractivity contribution in [3.8, 4) is 0 Å². The van der Waals surface area contributed by atoms with Crippen molar-refractivity contribution >= 4 is 17.8 Å². The smallest absolute Gasteiger partial charge is 0.330 e. The molecular formula is C17H19NO4. The monoisotopic (exact) mass is 301 g/mol. The molecule has 3 rings (SSSR count). The average molecular weight is 301 g/mol. The minimum absolute atomic E-state index is 0.259. The van der Waals surface area contributed by atoms with Crippen molar-refractivity contribution in [1.29, 1.82) is 0 Å². The third-order valence-corrected chi connectivity index (χ3v) is 4.67. The summed E-state index contributed by atoms with van der Waals surface area (Å²) in [4.78, 5) is 41.4. The summed E-state index contributed by atoms with van der Waals surface area (Å²) in [6.07, 6.45) is 4.69. The SMILES string of the molecule is CC1CCCCC1CC(=O)ON1C(=O)c2ccccc2C1=O. The van der Waals surface area contributed by atoms with Crippen molar-refractivity contribution in [3.63, 3.8) is 0 Å². The number of carbonyl (C=O) groups is 3. The van der Waals surface area contributed by atoms with Crippen LogP contribution in [0, 0.1) is 11.8 Å². The molecule has 2 unspecified atom stereocenters. The predicted molar refractivity (Wildman–Crippen MR) is 78.8 cm³/mol. The highest BCUT2D eigenvalue weighted by Gasteiger charge is 2.39. The highest BCUT2D eigenvalue weighted by molar-refractivity contribution is 6.20. The molecule has 1 aromatic carbocycles. The number of nitrogens with zero attached hydrogens (tertiary/aromatic N) is 1. The first-order valence-corrected chi connectivity index (χ1v) is 7.76. The lowest BCUT2D eigenvalue weighted by Gasteiger charge is -2.28. The molecule has 1 fully saturated rings. The molecule has 0 bridgehead atoms. The minimum Gasteiger partial charge on any atom is -0.330 e. The van der Waals surface area contributed by atoms with E-state index in [1.807, 2.05) is 0 Å². The van der Waals surface area contributed by atoms with Gasteiger partial charge < -0.3 is 4.84 Å². The van der Waals surface area contributed by atoms with Crippen molar-refractivity contribution < 1.29 is 19.2 Å². The summed E-state index contributed by atoms with van der Waals surface area (Å²) in [5, 5.41) is 0.598. The Labute approximate surface area is 129 Å². The third-order valence-electron chi connectivity index (χ3n) is 4.67. The summed E-state index contributed by atoms with van der Waals surface area (Å²) >= 11 is 0. The van der Waals surface area contributed by atoms with Crippen LogP contribution in [0.4, 0.5) is 0 Å². The van der Waals surface area contributed by atoms with Crippen molar-refractivity contribution in [1.82, 2.24) is 5.06 Å². The van der Waals surface area contributed by atoms with Gasteiger partial charge >= 0.3 is 5.97 Å². The average Bonchev–Trinajstić information content (AvgIpc) is 2.75. The summed E-state index contributed by atoms with van der Waals surface area (Å²) in [7, 11) is 0. The van der Waals surface area contributed by atoms with Gasteiger partial charge in [-0.2, -0.15) is 0 Å². The van der Waals surface area contributed by atoms with Gasteiger partial charge in [0.15, 0.2) is 0 Å². The number of imide groups is 1. The summed E-state index contributed by atoms with van der Waals surface area (Å²) in [5.41, 5.74) is 0.567. The Balaban J connectivity index is 1.65. The maximum atomic E-state index is 12.1. The Morgan fingerprint density at radius 2 is 1.73 bits per heavy atom. The van der Waals surface area contributed by atoms with E-state index in [0.29, 0.717) is 11.0 Å². The van der Waals surface area contributed by atoms with Crippen LogP contribution >= 0.6 is 0 Å². The van der Waals surface area contributed by atoms with Gasteiger partial charge in [0.25, 0.3) is 11.8 Å². The van der Waals surface area contributed by atoms with Gasteiger partial charge in [-0.3, -0.25) is 9.59 Å². The van der Waals surface area contributed by atoms with Crippen molar-refractivity contribution in [2.75, 3.05) is 0 Å². The zero-order chi connectivity index (χ0) is 15.7.